The molecule has 0 bridgehead atoms. The number of aromatic nitrogens is 4. The van der Waals surface area contributed by atoms with Crippen molar-refractivity contribution in [3.05, 3.63) is 78.2 Å². The highest BCUT2D eigenvalue weighted by molar-refractivity contribution is 5.79. The lowest BCUT2D eigenvalue weighted by molar-refractivity contribution is 0.251. The fourth-order valence-electron chi connectivity index (χ4n) is 3.85. The fraction of sp³-hybridized carbons (Fsp3) is 0.222. The molecule has 172 valence electrons. The van der Waals surface area contributed by atoms with Crippen LogP contribution in [0.15, 0.2) is 71.1 Å². The summed E-state index contributed by atoms with van der Waals surface area (Å²) in [6.45, 7) is 4.55. The lowest BCUT2D eigenvalue weighted by Crippen LogP contribution is -1.98. The average molecular weight is 455 g/mol. The minimum Gasteiger partial charge on any atom is -0.493 e. The molecule has 0 amide bonds. The first-order valence-corrected chi connectivity index (χ1v) is 11.3. The summed E-state index contributed by atoms with van der Waals surface area (Å²) in [6, 6.07) is 21.8. The topological polar surface area (TPSA) is 86.1 Å². The number of nitrogens with zero attached hydrogens (tertiary/aromatic N) is 3. The molecule has 5 aromatic rings. The van der Waals surface area contributed by atoms with Gasteiger partial charge in [0.05, 0.1) is 18.1 Å². The van der Waals surface area contributed by atoms with Gasteiger partial charge in [-0.3, -0.25) is 0 Å². The van der Waals surface area contributed by atoms with Gasteiger partial charge in [-0.15, -0.1) is 10.2 Å². The van der Waals surface area contributed by atoms with E-state index in [-0.39, 0.29) is 6.61 Å². The van der Waals surface area contributed by atoms with Crippen molar-refractivity contribution in [2.45, 2.75) is 26.9 Å². The van der Waals surface area contributed by atoms with Crippen LogP contribution in [0.5, 0.6) is 11.5 Å². The quantitative estimate of drug-likeness (QED) is 0.306. The molecule has 0 unspecified atom stereocenters. The average Bonchev–Trinajstić information content (AvgIpc) is 3.50. The van der Waals surface area contributed by atoms with E-state index in [1.807, 2.05) is 54.6 Å². The SMILES string of the molecule is COc1cc(-c2nc3ccccc3[nH]2)ccc1OCc1nnc(-c2ccc(CC(C)C)cc2)o1. The minimum atomic E-state index is 0.138. The molecular formula is C27H26N4O3. The van der Waals surface area contributed by atoms with Crippen molar-refractivity contribution >= 4 is 11.0 Å². The molecule has 0 aliphatic heterocycles. The number of nitrogens with one attached hydrogen (secondary N) is 1. The Morgan fingerprint density at radius 1 is 0.912 bits per heavy atom. The summed E-state index contributed by atoms with van der Waals surface area (Å²) in [5, 5.41) is 8.29. The number of methoxy groups -OCH3 is 1. The monoisotopic (exact) mass is 454 g/mol. The van der Waals surface area contributed by atoms with Gasteiger partial charge in [0.1, 0.15) is 5.82 Å². The molecule has 0 saturated heterocycles. The third kappa shape index (κ3) is 4.64. The maximum atomic E-state index is 5.92. The van der Waals surface area contributed by atoms with Gasteiger partial charge in [-0.1, -0.05) is 38.1 Å². The van der Waals surface area contributed by atoms with Gasteiger partial charge in [0.2, 0.25) is 5.89 Å². The standard InChI is InChI=1S/C27H26N4O3/c1-17(2)14-18-8-10-19(11-9-18)27-31-30-25(34-27)16-33-23-13-12-20(15-24(23)32-3)26-28-21-6-4-5-7-22(21)29-26/h4-13,15,17H,14,16H2,1-3H3,(H,28,29). The first kappa shape index (κ1) is 21.7. The Morgan fingerprint density at radius 2 is 1.71 bits per heavy atom. The van der Waals surface area contributed by atoms with Crippen molar-refractivity contribution in [1.82, 2.24) is 20.2 Å². The van der Waals surface area contributed by atoms with Gasteiger partial charge in [0.25, 0.3) is 5.89 Å². The van der Waals surface area contributed by atoms with E-state index in [4.69, 9.17) is 13.9 Å². The number of para-hydroxylation sites is 2. The van der Waals surface area contributed by atoms with E-state index < -0.39 is 0 Å². The molecule has 0 fully saturated rings. The number of H-pyrrole nitrogens is 1. The largest absolute Gasteiger partial charge is 0.493 e. The third-order valence-corrected chi connectivity index (χ3v) is 5.49. The fourth-order valence-corrected chi connectivity index (χ4v) is 3.85. The second-order valence-electron chi connectivity index (χ2n) is 8.55. The highest BCUT2D eigenvalue weighted by Crippen LogP contribution is 2.33. The summed E-state index contributed by atoms with van der Waals surface area (Å²) in [6.07, 6.45) is 1.04. The second kappa shape index (κ2) is 9.39. The van der Waals surface area contributed by atoms with E-state index >= 15 is 0 Å². The van der Waals surface area contributed by atoms with Crippen LogP contribution < -0.4 is 9.47 Å². The summed E-state index contributed by atoms with van der Waals surface area (Å²) in [7, 11) is 1.61. The van der Waals surface area contributed by atoms with Crippen molar-refractivity contribution in [3.8, 4) is 34.3 Å². The smallest absolute Gasteiger partial charge is 0.254 e. The van der Waals surface area contributed by atoms with Crippen LogP contribution in [0.4, 0.5) is 0 Å². The van der Waals surface area contributed by atoms with Crippen LogP contribution >= 0.6 is 0 Å². The Kier molecular flexibility index (Phi) is 5.99. The van der Waals surface area contributed by atoms with Crippen LogP contribution in [0.25, 0.3) is 33.9 Å². The number of hydrogen-bond donors (Lipinski definition) is 1. The predicted molar refractivity (Wildman–Crippen MR) is 131 cm³/mol. The zero-order valence-electron chi connectivity index (χ0n) is 19.4. The van der Waals surface area contributed by atoms with E-state index in [0.29, 0.717) is 29.2 Å². The Morgan fingerprint density at radius 3 is 2.47 bits per heavy atom. The van der Waals surface area contributed by atoms with E-state index in [2.05, 4.69) is 46.1 Å². The Hall–Kier alpha value is -4.13. The van der Waals surface area contributed by atoms with E-state index in [1.54, 1.807) is 7.11 Å². The molecule has 0 aliphatic rings. The van der Waals surface area contributed by atoms with Gasteiger partial charge < -0.3 is 18.9 Å². The summed E-state index contributed by atoms with van der Waals surface area (Å²) in [5.41, 5.74) is 4.98. The van der Waals surface area contributed by atoms with Gasteiger partial charge in [-0.05, 0) is 60.4 Å². The van der Waals surface area contributed by atoms with Crippen LogP contribution in [0.2, 0.25) is 0 Å². The van der Waals surface area contributed by atoms with Crippen LogP contribution in [0.3, 0.4) is 0 Å². The summed E-state index contributed by atoms with van der Waals surface area (Å²) < 4.78 is 17.3. The van der Waals surface area contributed by atoms with Crippen LogP contribution in [0.1, 0.15) is 25.3 Å². The highest BCUT2D eigenvalue weighted by atomic mass is 16.5. The number of fused-ring (bicyclic) bond motifs is 1. The highest BCUT2D eigenvalue weighted by Gasteiger charge is 2.13. The molecule has 7 nitrogen and oxygen atoms in total. The van der Waals surface area contributed by atoms with Gasteiger partial charge in [-0.25, -0.2) is 4.98 Å². The number of ether oxygens (including phenoxy) is 2. The van der Waals surface area contributed by atoms with Crippen LogP contribution in [-0.2, 0) is 13.0 Å². The van der Waals surface area contributed by atoms with Crippen molar-refractivity contribution in [2.24, 2.45) is 5.92 Å². The first-order chi connectivity index (χ1) is 16.6. The molecule has 0 radical (unpaired) electrons. The van der Waals surface area contributed by atoms with Gasteiger partial charge >= 0.3 is 0 Å². The zero-order valence-corrected chi connectivity index (χ0v) is 19.4. The van der Waals surface area contributed by atoms with Gasteiger partial charge in [-0.2, -0.15) is 0 Å². The molecule has 0 spiro atoms. The molecule has 3 aromatic carbocycles. The number of hydrogen-bond acceptors (Lipinski definition) is 6. The molecule has 2 aromatic heterocycles. The zero-order chi connectivity index (χ0) is 23.5. The number of imidazole rings is 1. The van der Waals surface area contributed by atoms with Crippen molar-refractivity contribution in [1.29, 1.82) is 0 Å². The molecular weight excluding hydrogens is 428 g/mol. The molecule has 1 N–H and O–H groups in total. The van der Waals surface area contributed by atoms with Crippen molar-refractivity contribution < 1.29 is 13.9 Å². The normalized spacial score (nSPS) is 11.3. The van der Waals surface area contributed by atoms with E-state index in [0.717, 1.165) is 34.4 Å². The van der Waals surface area contributed by atoms with E-state index in [1.165, 1.54) is 5.56 Å². The molecule has 2 heterocycles. The number of aromatic amines is 1. The maximum absolute atomic E-state index is 5.92. The molecule has 0 saturated carbocycles. The molecule has 7 heteroatoms. The van der Waals surface area contributed by atoms with Crippen LogP contribution in [0, 0.1) is 5.92 Å². The number of benzene rings is 3. The maximum Gasteiger partial charge on any atom is 0.254 e. The molecule has 34 heavy (non-hydrogen) atoms. The third-order valence-electron chi connectivity index (χ3n) is 5.49. The van der Waals surface area contributed by atoms with Crippen LogP contribution in [-0.4, -0.2) is 27.3 Å². The summed E-state index contributed by atoms with van der Waals surface area (Å²) in [4.78, 5) is 7.98. The summed E-state index contributed by atoms with van der Waals surface area (Å²) in [5.74, 6) is 3.43. The lowest BCUT2D eigenvalue weighted by Gasteiger charge is -2.10. The first-order valence-electron chi connectivity index (χ1n) is 11.3. The molecule has 5 rings (SSSR count). The molecule has 0 atom stereocenters. The van der Waals surface area contributed by atoms with Crippen molar-refractivity contribution in [3.63, 3.8) is 0 Å². The van der Waals surface area contributed by atoms with Gasteiger partial charge in [0.15, 0.2) is 18.1 Å². The van der Waals surface area contributed by atoms with E-state index in [9.17, 15) is 0 Å². The summed E-state index contributed by atoms with van der Waals surface area (Å²) >= 11 is 0. The minimum absolute atomic E-state index is 0.138. The Labute approximate surface area is 197 Å². The van der Waals surface area contributed by atoms with Gasteiger partial charge in [0, 0.05) is 11.1 Å². The Balaban J connectivity index is 1.28. The van der Waals surface area contributed by atoms with Crippen molar-refractivity contribution in [2.75, 3.05) is 7.11 Å². The second-order valence-corrected chi connectivity index (χ2v) is 8.55. The number of rotatable bonds is 8. The predicted octanol–water partition coefficient (Wildman–Crippen LogP) is 6.07. The molecule has 0 aliphatic carbocycles. The lowest BCUT2D eigenvalue weighted by atomic mass is 10.0. The Bertz CT molecular complexity index is 1370.